The molecule has 0 aliphatic carbocycles. The summed E-state index contributed by atoms with van der Waals surface area (Å²) in [5, 5.41) is 2.42. The van der Waals surface area contributed by atoms with Crippen LogP contribution in [0.2, 0.25) is 0 Å². The van der Waals surface area contributed by atoms with Gasteiger partial charge in [-0.3, -0.25) is 24.6 Å². The van der Waals surface area contributed by atoms with Gasteiger partial charge in [0.1, 0.15) is 11.6 Å². The number of carbonyl (C=O) groups is 3. The number of rotatable bonds is 5. The SMILES string of the molecule is CN(c1cccc(N2CCN(CC(=O)OC(C)(C)C)CC2)c1)[C@@H]1CCC(=O)NC1=O. The third-order valence-electron chi connectivity index (χ3n) is 5.42. The lowest BCUT2D eigenvalue weighted by Gasteiger charge is -2.37. The van der Waals surface area contributed by atoms with Gasteiger partial charge in [0.25, 0.3) is 0 Å². The molecule has 2 heterocycles. The van der Waals surface area contributed by atoms with Gasteiger partial charge in [0.2, 0.25) is 11.8 Å². The van der Waals surface area contributed by atoms with Gasteiger partial charge in [-0.1, -0.05) is 6.07 Å². The molecule has 2 fully saturated rings. The minimum atomic E-state index is -0.464. The summed E-state index contributed by atoms with van der Waals surface area (Å²) in [7, 11) is 1.89. The summed E-state index contributed by atoms with van der Waals surface area (Å²) in [5.41, 5.74) is 1.57. The van der Waals surface area contributed by atoms with Gasteiger partial charge in [0.15, 0.2) is 0 Å². The number of nitrogens with one attached hydrogen (secondary N) is 1. The smallest absolute Gasteiger partial charge is 0.320 e. The summed E-state index contributed by atoms with van der Waals surface area (Å²) in [4.78, 5) is 42.0. The van der Waals surface area contributed by atoms with Crippen molar-refractivity contribution in [1.29, 1.82) is 0 Å². The molecule has 2 aliphatic heterocycles. The quantitative estimate of drug-likeness (QED) is 0.574. The summed E-state index contributed by atoms with van der Waals surface area (Å²) in [6, 6.07) is 7.76. The fourth-order valence-corrected chi connectivity index (χ4v) is 3.86. The van der Waals surface area contributed by atoms with Gasteiger partial charge in [-0.15, -0.1) is 0 Å². The normalized spacial score (nSPS) is 20.7. The molecule has 8 nitrogen and oxygen atoms in total. The zero-order chi connectivity index (χ0) is 21.9. The van der Waals surface area contributed by atoms with Gasteiger partial charge in [0.05, 0.1) is 6.54 Å². The zero-order valence-corrected chi connectivity index (χ0v) is 18.3. The van der Waals surface area contributed by atoms with Crippen molar-refractivity contribution in [2.75, 3.05) is 49.6 Å². The second kappa shape index (κ2) is 9.04. The van der Waals surface area contributed by atoms with Gasteiger partial charge in [0, 0.05) is 51.0 Å². The van der Waals surface area contributed by atoms with Crippen LogP contribution in [0.4, 0.5) is 11.4 Å². The maximum absolute atomic E-state index is 12.2. The molecule has 8 heteroatoms. The second-order valence-electron chi connectivity index (χ2n) is 8.95. The maximum atomic E-state index is 12.2. The monoisotopic (exact) mass is 416 g/mol. The Bertz CT molecular complexity index is 797. The van der Waals surface area contributed by atoms with Crippen molar-refractivity contribution in [3.63, 3.8) is 0 Å². The Balaban J connectivity index is 1.57. The highest BCUT2D eigenvalue weighted by Crippen LogP contribution is 2.26. The van der Waals surface area contributed by atoms with Gasteiger partial charge in [-0.25, -0.2) is 0 Å². The van der Waals surface area contributed by atoms with Crippen molar-refractivity contribution < 1.29 is 19.1 Å². The molecular weight excluding hydrogens is 384 g/mol. The zero-order valence-electron chi connectivity index (χ0n) is 18.3. The third kappa shape index (κ3) is 5.72. The number of benzene rings is 1. The third-order valence-corrected chi connectivity index (χ3v) is 5.42. The minimum absolute atomic E-state index is 0.191. The highest BCUT2D eigenvalue weighted by molar-refractivity contribution is 6.01. The predicted molar refractivity (Wildman–Crippen MR) is 116 cm³/mol. The van der Waals surface area contributed by atoms with Crippen LogP contribution in [0.25, 0.3) is 0 Å². The molecule has 0 aromatic heterocycles. The first-order valence-corrected chi connectivity index (χ1v) is 10.5. The predicted octanol–water partition coefficient (Wildman–Crippen LogP) is 1.39. The van der Waals surface area contributed by atoms with Crippen LogP contribution in [0.15, 0.2) is 24.3 Å². The topological polar surface area (TPSA) is 82.2 Å². The Kier molecular flexibility index (Phi) is 6.65. The van der Waals surface area contributed by atoms with E-state index in [1.807, 2.05) is 44.9 Å². The Morgan fingerprint density at radius 1 is 1.20 bits per heavy atom. The van der Waals surface area contributed by atoms with Crippen LogP contribution in [0.1, 0.15) is 33.6 Å². The number of anilines is 2. The van der Waals surface area contributed by atoms with Gasteiger partial charge in [-0.2, -0.15) is 0 Å². The number of carbonyl (C=O) groups excluding carboxylic acids is 3. The molecule has 30 heavy (non-hydrogen) atoms. The largest absolute Gasteiger partial charge is 0.459 e. The van der Waals surface area contributed by atoms with Crippen molar-refractivity contribution >= 4 is 29.2 Å². The van der Waals surface area contributed by atoms with Gasteiger partial charge in [-0.05, 0) is 45.4 Å². The Morgan fingerprint density at radius 2 is 1.90 bits per heavy atom. The highest BCUT2D eigenvalue weighted by Gasteiger charge is 2.30. The average Bonchev–Trinajstić information content (AvgIpc) is 2.67. The summed E-state index contributed by atoms with van der Waals surface area (Å²) < 4.78 is 5.41. The van der Waals surface area contributed by atoms with E-state index in [9.17, 15) is 14.4 Å². The molecule has 0 unspecified atom stereocenters. The van der Waals surface area contributed by atoms with Crippen LogP contribution in [-0.2, 0) is 19.1 Å². The molecule has 1 aromatic carbocycles. The fourth-order valence-electron chi connectivity index (χ4n) is 3.86. The number of imide groups is 1. The first-order valence-electron chi connectivity index (χ1n) is 10.5. The number of likely N-dealkylation sites (N-methyl/N-ethyl adjacent to an activating group) is 1. The Labute approximate surface area is 178 Å². The number of esters is 1. The van der Waals surface area contributed by atoms with Crippen molar-refractivity contribution in [2.45, 2.75) is 45.3 Å². The summed E-state index contributed by atoms with van der Waals surface area (Å²) in [6.45, 7) is 9.13. The lowest BCUT2D eigenvalue weighted by molar-refractivity contribution is -0.156. The number of amides is 2. The van der Waals surface area contributed by atoms with E-state index in [4.69, 9.17) is 4.74 Å². The van der Waals surface area contributed by atoms with Crippen LogP contribution in [0.5, 0.6) is 0 Å². The molecule has 0 bridgehead atoms. The molecule has 0 spiro atoms. The number of piperazine rings is 1. The van der Waals surface area contributed by atoms with Crippen LogP contribution < -0.4 is 15.1 Å². The van der Waals surface area contributed by atoms with E-state index in [0.717, 1.165) is 37.6 Å². The molecule has 164 valence electrons. The van der Waals surface area contributed by atoms with Crippen molar-refractivity contribution in [1.82, 2.24) is 10.2 Å². The first kappa shape index (κ1) is 22.1. The molecule has 0 radical (unpaired) electrons. The Morgan fingerprint density at radius 3 is 2.53 bits per heavy atom. The number of ether oxygens (including phenoxy) is 1. The van der Waals surface area contributed by atoms with Crippen molar-refractivity contribution in [2.24, 2.45) is 0 Å². The molecule has 2 amide bonds. The van der Waals surface area contributed by atoms with Crippen molar-refractivity contribution in [3.8, 4) is 0 Å². The van der Waals surface area contributed by atoms with E-state index < -0.39 is 5.60 Å². The molecule has 1 atom stereocenters. The first-order chi connectivity index (χ1) is 14.1. The minimum Gasteiger partial charge on any atom is -0.459 e. The lowest BCUT2D eigenvalue weighted by atomic mass is 10.0. The second-order valence-corrected chi connectivity index (χ2v) is 8.95. The standard InChI is InChI=1S/C22H32N4O4/c1-22(2,3)30-20(28)15-25-10-12-26(13-11-25)17-7-5-6-16(14-17)24(4)18-8-9-19(27)23-21(18)29/h5-7,14,18H,8-13,15H2,1-4H3,(H,23,27,29)/t18-/m1/s1. The molecule has 2 saturated heterocycles. The van der Waals surface area contributed by atoms with Gasteiger partial charge >= 0.3 is 5.97 Å². The van der Waals surface area contributed by atoms with Crippen LogP contribution >= 0.6 is 0 Å². The molecule has 2 aliphatic rings. The number of nitrogens with zero attached hydrogens (tertiary/aromatic N) is 3. The van der Waals surface area contributed by atoms with Gasteiger partial charge < -0.3 is 14.5 Å². The van der Waals surface area contributed by atoms with E-state index in [1.54, 1.807) is 0 Å². The molecule has 1 N–H and O–H groups in total. The highest BCUT2D eigenvalue weighted by atomic mass is 16.6. The van der Waals surface area contributed by atoms with Crippen LogP contribution in [-0.4, -0.2) is 74.1 Å². The Hall–Kier alpha value is -2.61. The van der Waals surface area contributed by atoms with E-state index >= 15 is 0 Å². The van der Waals surface area contributed by atoms with Crippen molar-refractivity contribution in [3.05, 3.63) is 24.3 Å². The molecule has 0 saturated carbocycles. The van der Waals surface area contributed by atoms with E-state index in [1.165, 1.54) is 0 Å². The number of piperidine rings is 1. The van der Waals surface area contributed by atoms with Crippen LogP contribution in [0.3, 0.4) is 0 Å². The van der Waals surface area contributed by atoms with E-state index in [0.29, 0.717) is 19.4 Å². The molecule has 1 aromatic rings. The summed E-state index contributed by atoms with van der Waals surface area (Å²) in [5.74, 6) is -0.638. The fraction of sp³-hybridized carbons (Fsp3) is 0.591. The number of hydrogen-bond donors (Lipinski definition) is 1. The number of hydrogen-bond acceptors (Lipinski definition) is 7. The molecular formula is C22H32N4O4. The summed E-state index contributed by atoms with van der Waals surface area (Å²) in [6.07, 6.45) is 0.884. The lowest BCUT2D eigenvalue weighted by Crippen LogP contribution is -2.51. The van der Waals surface area contributed by atoms with E-state index in [-0.39, 0.29) is 23.8 Å². The maximum Gasteiger partial charge on any atom is 0.320 e. The average molecular weight is 417 g/mol. The summed E-state index contributed by atoms with van der Waals surface area (Å²) >= 11 is 0. The van der Waals surface area contributed by atoms with Crippen LogP contribution in [0, 0.1) is 0 Å². The molecule has 3 rings (SSSR count). The van der Waals surface area contributed by atoms with E-state index in [2.05, 4.69) is 27.2 Å².